The van der Waals surface area contributed by atoms with Gasteiger partial charge in [-0.2, -0.15) is 0 Å². The monoisotopic (exact) mass is 282 g/mol. The topological polar surface area (TPSA) is 24.1 Å². The lowest BCUT2D eigenvalue weighted by molar-refractivity contribution is 0.0226. The maximum atomic E-state index is 3.90. The van der Waals surface area contributed by atoms with Gasteiger partial charge in [0.25, 0.3) is 0 Å². The molecule has 2 N–H and O–H groups in total. The summed E-state index contributed by atoms with van der Waals surface area (Å²) in [5.41, 5.74) is 3.66. The van der Waals surface area contributed by atoms with E-state index in [1.807, 2.05) is 0 Å². The molecule has 1 saturated heterocycles. The molecule has 3 fully saturated rings. The smallest absolute Gasteiger partial charge is 0.0142 e. The van der Waals surface area contributed by atoms with Gasteiger partial charge in [0.15, 0.2) is 0 Å². The summed E-state index contributed by atoms with van der Waals surface area (Å²) in [7, 11) is 0. The third-order valence-electron chi connectivity index (χ3n) is 5.64. The van der Waals surface area contributed by atoms with Gasteiger partial charge in [-0.15, -0.1) is 0 Å². The Balaban J connectivity index is 1.32. The van der Waals surface area contributed by atoms with Crippen LogP contribution >= 0.6 is 0 Å². The van der Waals surface area contributed by atoms with Gasteiger partial charge >= 0.3 is 0 Å². The second kappa shape index (κ2) is 5.26. The Kier molecular flexibility index (Phi) is 3.39. The molecule has 21 heavy (non-hydrogen) atoms. The molecule has 1 aliphatic heterocycles. The first-order valence-corrected chi connectivity index (χ1v) is 8.50. The van der Waals surface area contributed by atoms with Crippen LogP contribution in [0.3, 0.4) is 0 Å². The van der Waals surface area contributed by atoms with Crippen LogP contribution in [0.1, 0.15) is 38.2 Å². The quantitative estimate of drug-likeness (QED) is 0.866. The molecule has 1 aromatic rings. The van der Waals surface area contributed by atoms with Gasteiger partial charge in [-0.25, -0.2) is 0 Å². The highest BCUT2D eigenvalue weighted by molar-refractivity contribution is 5.54. The molecule has 0 radical (unpaired) electrons. The molecule has 3 aliphatic rings. The zero-order chi connectivity index (χ0) is 14.3. The Morgan fingerprint density at radius 1 is 1.29 bits per heavy atom. The Morgan fingerprint density at radius 3 is 2.67 bits per heavy atom. The van der Waals surface area contributed by atoms with Gasteiger partial charge in [-0.05, 0) is 42.6 Å². The van der Waals surface area contributed by atoms with Crippen molar-refractivity contribution in [3.05, 3.63) is 41.5 Å². The van der Waals surface area contributed by atoms with Gasteiger partial charge in [0.05, 0.1) is 0 Å². The standard InChI is InChI=1S/C19H26N2/c1-2-15(8-14-6-4-3-5-7-14)17-9-18(17)21-16-10-19(11-16)12-20-13-19/h3-8,16-18,20-21H,2,9-13H2,1H3. The summed E-state index contributed by atoms with van der Waals surface area (Å²) in [6.45, 7) is 4.81. The molecule has 1 spiro atoms. The molecule has 112 valence electrons. The van der Waals surface area contributed by atoms with Crippen molar-refractivity contribution in [3.63, 3.8) is 0 Å². The van der Waals surface area contributed by atoms with E-state index in [2.05, 4.69) is 54.0 Å². The predicted molar refractivity (Wildman–Crippen MR) is 88.1 cm³/mol. The summed E-state index contributed by atoms with van der Waals surface area (Å²) in [5.74, 6) is 0.784. The highest BCUT2D eigenvalue weighted by Gasteiger charge is 2.50. The largest absolute Gasteiger partial charge is 0.316 e. The van der Waals surface area contributed by atoms with Crippen LogP contribution in [0.5, 0.6) is 0 Å². The maximum absolute atomic E-state index is 3.90. The summed E-state index contributed by atoms with van der Waals surface area (Å²) >= 11 is 0. The van der Waals surface area contributed by atoms with Crippen molar-refractivity contribution in [2.24, 2.45) is 11.3 Å². The fourth-order valence-electron chi connectivity index (χ4n) is 4.20. The summed E-state index contributed by atoms with van der Waals surface area (Å²) in [6.07, 6.45) is 7.72. The molecule has 2 heteroatoms. The number of benzene rings is 1. The minimum atomic E-state index is 0.690. The minimum absolute atomic E-state index is 0.690. The van der Waals surface area contributed by atoms with E-state index in [0.29, 0.717) is 5.41 Å². The fourth-order valence-corrected chi connectivity index (χ4v) is 4.20. The van der Waals surface area contributed by atoms with Crippen LogP contribution in [0.4, 0.5) is 0 Å². The van der Waals surface area contributed by atoms with Crippen LogP contribution in [0.15, 0.2) is 35.9 Å². The average Bonchev–Trinajstić information content (AvgIpc) is 3.18. The minimum Gasteiger partial charge on any atom is -0.316 e. The van der Waals surface area contributed by atoms with Crippen LogP contribution in [-0.2, 0) is 0 Å². The molecule has 2 atom stereocenters. The molecule has 2 aliphatic carbocycles. The zero-order valence-corrected chi connectivity index (χ0v) is 12.9. The lowest BCUT2D eigenvalue weighted by Gasteiger charge is -2.54. The van der Waals surface area contributed by atoms with Gasteiger partial charge in [0.1, 0.15) is 0 Å². The van der Waals surface area contributed by atoms with Crippen molar-refractivity contribution < 1.29 is 0 Å². The fraction of sp³-hybridized carbons (Fsp3) is 0.579. The Bertz CT molecular complexity index is 522. The first kappa shape index (κ1) is 13.5. The van der Waals surface area contributed by atoms with Crippen LogP contribution in [0.2, 0.25) is 0 Å². The second-order valence-electron chi connectivity index (χ2n) is 7.31. The van der Waals surface area contributed by atoms with Crippen molar-refractivity contribution in [1.82, 2.24) is 10.6 Å². The molecule has 2 saturated carbocycles. The number of hydrogen-bond donors (Lipinski definition) is 2. The first-order chi connectivity index (χ1) is 10.3. The number of nitrogens with one attached hydrogen (secondary N) is 2. The van der Waals surface area contributed by atoms with E-state index >= 15 is 0 Å². The highest BCUT2D eigenvalue weighted by Crippen LogP contribution is 2.47. The highest BCUT2D eigenvalue weighted by atomic mass is 15.1. The van der Waals surface area contributed by atoms with Crippen LogP contribution < -0.4 is 10.6 Å². The molecular weight excluding hydrogens is 256 g/mol. The Hall–Kier alpha value is -1.12. The summed E-state index contributed by atoms with van der Waals surface area (Å²) < 4.78 is 0. The molecule has 4 rings (SSSR count). The van der Waals surface area contributed by atoms with Crippen LogP contribution in [0.25, 0.3) is 6.08 Å². The van der Waals surface area contributed by atoms with E-state index in [4.69, 9.17) is 0 Å². The van der Waals surface area contributed by atoms with Crippen molar-refractivity contribution >= 4 is 6.08 Å². The number of hydrogen-bond acceptors (Lipinski definition) is 2. The van der Waals surface area contributed by atoms with E-state index in [1.54, 1.807) is 5.57 Å². The predicted octanol–water partition coefficient (Wildman–Crippen LogP) is 3.21. The van der Waals surface area contributed by atoms with Gasteiger partial charge < -0.3 is 10.6 Å². The summed E-state index contributed by atoms with van der Waals surface area (Å²) in [4.78, 5) is 0. The van der Waals surface area contributed by atoms with Crippen LogP contribution in [0, 0.1) is 11.3 Å². The van der Waals surface area contributed by atoms with E-state index in [0.717, 1.165) is 18.0 Å². The lowest BCUT2D eigenvalue weighted by Crippen LogP contribution is -2.64. The maximum Gasteiger partial charge on any atom is 0.0142 e. The Morgan fingerprint density at radius 2 is 2.05 bits per heavy atom. The third kappa shape index (κ3) is 2.67. The summed E-state index contributed by atoms with van der Waals surface area (Å²) in [5, 5.41) is 7.32. The van der Waals surface area contributed by atoms with Crippen molar-refractivity contribution in [3.8, 4) is 0 Å². The molecule has 1 heterocycles. The molecule has 0 bridgehead atoms. The van der Waals surface area contributed by atoms with E-state index in [-0.39, 0.29) is 0 Å². The third-order valence-corrected chi connectivity index (χ3v) is 5.64. The van der Waals surface area contributed by atoms with Gasteiger partial charge in [0, 0.05) is 25.2 Å². The van der Waals surface area contributed by atoms with Crippen molar-refractivity contribution in [1.29, 1.82) is 0 Å². The van der Waals surface area contributed by atoms with Gasteiger partial charge in [-0.3, -0.25) is 0 Å². The molecule has 2 unspecified atom stereocenters. The normalized spacial score (nSPS) is 30.8. The first-order valence-electron chi connectivity index (χ1n) is 8.50. The zero-order valence-electron chi connectivity index (χ0n) is 12.9. The molecule has 0 aromatic heterocycles. The van der Waals surface area contributed by atoms with Gasteiger partial charge in [-0.1, -0.05) is 48.9 Å². The van der Waals surface area contributed by atoms with Crippen LogP contribution in [-0.4, -0.2) is 25.2 Å². The van der Waals surface area contributed by atoms with Crippen molar-refractivity contribution in [2.75, 3.05) is 13.1 Å². The lowest BCUT2D eigenvalue weighted by atomic mass is 9.61. The number of rotatable bonds is 5. The van der Waals surface area contributed by atoms with E-state index in [9.17, 15) is 0 Å². The van der Waals surface area contributed by atoms with E-state index < -0.39 is 0 Å². The van der Waals surface area contributed by atoms with Gasteiger partial charge in [0.2, 0.25) is 0 Å². The Labute approximate surface area is 128 Å². The molecule has 2 nitrogen and oxygen atoms in total. The van der Waals surface area contributed by atoms with Crippen molar-refractivity contribution in [2.45, 2.75) is 44.7 Å². The second-order valence-corrected chi connectivity index (χ2v) is 7.31. The molecular formula is C19H26N2. The van der Waals surface area contributed by atoms with E-state index in [1.165, 1.54) is 44.3 Å². The summed E-state index contributed by atoms with van der Waals surface area (Å²) in [6, 6.07) is 12.3. The SMILES string of the molecule is CCC(=Cc1ccccc1)C1CC1NC1CC2(CNC2)C1. The molecule has 0 amide bonds. The molecule has 1 aromatic carbocycles. The average molecular weight is 282 g/mol.